The Hall–Kier alpha value is -2.34. The van der Waals surface area contributed by atoms with Gasteiger partial charge in [0.15, 0.2) is 0 Å². The second-order valence-electron chi connectivity index (χ2n) is 8.84. The van der Waals surface area contributed by atoms with Crippen LogP contribution in [0.15, 0.2) is 41.7 Å². The fourth-order valence-electron chi connectivity index (χ4n) is 4.37. The molecule has 0 saturated carbocycles. The lowest BCUT2D eigenvalue weighted by Crippen LogP contribution is -2.62. The zero-order chi connectivity index (χ0) is 20.0. The van der Waals surface area contributed by atoms with Crippen LogP contribution in [-0.4, -0.2) is 46.0 Å². The van der Waals surface area contributed by atoms with Gasteiger partial charge in [-0.1, -0.05) is 30.3 Å². The number of piperidine rings is 1. The summed E-state index contributed by atoms with van der Waals surface area (Å²) in [4.78, 5) is 27.5. The van der Waals surface area contributed by atoms with E-state index in [4.69, 9.17) is 0 Å². The van der Waals surface area contributed by atoms with Gasteiger partial charge in [-0.2, -0.15) is 0 Å². The maximum absolute atomic E-state index is 12.8. The molecule has 6 heteroatoms. The Labute approximate surface area is 160 Å². The highest BCUT2D eigenvalue weighted by molar-refractivity contribution is 6.20. The van der Waals surface area contributed by atoms with Crippen molar-refractivity contribution in [3.63, 3.8) is 0 Å². The quantitative estimate of drug-likeness (QED) is 0.713. The number of carbonyl (C=O) groups is 2. The van der Waals surface area contributed by atoms with Gasteiger partial charge in [0.2, 0.25) is 0 Å². The van der Waals surface area contributed by atoms with E-state index in [0.717, 1.165) is 18.4 Å². The molecule has 0 aromatic heterocycles. The molecule has 1 aromatic carbocycles. The van der Waals surface area contributed by atoms with Gasteiger partial charge in [-0.25, -0.2) is 0 Å². The van der Waals surface area contributed by atoms with Gasteiger partial charge >= 0.3 is 0 Å². The van der Waals surface area contributed by atoms with E-state index >= 15 is 0 Å². The van der Waals surface area contributed by atoms with Crippen LogP contribution in [0.25, 0.3) is 0 Å². The molecule has 0 aliphatic carbocycles. The third-order valence-electron chi connectivity index (χ3n) is 6.04. The number of nitrogens with zero attached hydrogens (tertiary/aromatic N) is 1. The fraction of sp³-hybridized carbons (Fsp3) is 0.524. The molecular formula is C21H29N3O3. The van der Waals surface area contributed by atoms with E-state index < -0.39 is 17.9 Å². The van der Waals surface area contributed by atoms with Crippen LogP contribution in [0.1, 0.15) is 52.1 Å². The van der Waals surface area contributed by atoms with E-state index in [1.54, 1.807) is 0 Å². The molecule has 0 spiro atoms. The predicted molar refractivity (Wildman–Crippen MR) is 104 cm³/mol. The lowest BCUT2D eigenvalue weighted by Gasteiger charge is -2.53. The van der Waals surface area contributed by atoms with Crippen LogP contribution in [0.4, 0.5) is 0 Å². The van der Waals surface area contributed by atoms with Gasteiger partial charge in [0.05, 0.1) is 0 Å². The monoisotopic (exact) mass is 371 g/mol. The third-order valence-corrected chi connectivity index (χ3v) is 6.04. The molecule has 3 rings (SSSR count). The molecule has 1 atom stereocenters. The number of carbonyl (C=O) groups excluding carboxylic acids is 2. The van der Waals surface area contributed by atoms with Gasteiger partial charge < -0.3 is 15.7 Å². The topological polar surface area (TPSA) is 81.7 Å². The van der Waals surface area contributed by atoms with E-state index in [1.807, 2.05) is 30.3 Å². The molecule has 3 N–H and O–H groups in total. The van der Waals surface area contributed by atoms with E-state index in [0.29, 0.717) is 0 Å². The van der Waals surface area contributed by atoms with Gasteiger partial charge in [0.1, 0.15) is 17.4 Å². The first kappa shape index (κ1) is 19.4. The van der Waals surface area contributed by atoms with Crippen molar-refractivity contribution in [2.24, 2.45) is 0 Å². The Bertz CT molecular complexity index is 765. The zero-order valence-electron chi connectivity index (χ0n) is 16.7. The fourth-order valence-corrected chi connectivity index (χ4v) is 4.37. The number of hydrogen-bond acceptors (Lipinski definition) is 4. The molecule has 1 aromatic rings. The van der Waals surface area contributed by atoms with Gasteiger partial charge in [-0.05, 0) is 53.1 Å². The average Bonchev–Trinajstić information content (AvgIpc) is 2.87. The van der Waals surface area contributed by atoms with Crippen LogP contribution in [0.2, 0.25) is 0 Å². The highest BCUT2D eigenvalue weighted by atomic mass is 16.3. The van der Waals surface area contributed by atoms with Gasteiger partial charge in [-0.3, -0.25) is 14.5 Å². The van der Waals surface area contributed by atoms with Crippen molar-refractivity contribution in [2.75, 3.05) is 7.05 Å². The summed E-state index contributed by atoms with van der Waals surface area (Å²) in [7, 11) is 2.10. The first-order valence-electron chi connectivity index (χ1n) is 9.37. The maximum Gasteiger partial charge on any atom is 0.261 e. The van der Waals surface area contributed by atoms with Gasteiger partial charge in [0, 0.05) is 17.1 Å². The molecule has 146 valence electrons. The molecular weight excluding hydrogens is 342 g/mol. The molecule has 0 radical (unpaired) electrons. The average molecular weight is 371 g/mol. The Kier molecular flexibility index (Phi) is 4.80. The number of aliphatic hydroxyl groups is 1. The summed E-state index contributed by atoms with van der Waals surface area (Å²) in [6.07, 6.45) is 1.55. The van der Waals surface area contributed by atoms with Crippen molar-refractivity contribution >= 4 is 11.8 Å². The van der Waals surface area contributed by atoms with Crippen molar-refractivity contribution in [2.45, 2.75) is 63.7 Å². The number of aliphatic hydroxyl groups excluding tert-OH is 1. The number of benzene rings is 1. The SMILES string of the molecule is CN1C(C)(C)CC(NC(=O)C2=C(O)C(c3ccccc3)NC2=O)CC1(C)C. The Morgan fingerprint density at radius 1 is 1.15 bits per heavy atom. The molecule has 27 heavy (non-hydrogen) atoms. The number of nitrogens with one attached hydrogen (secondary N) is 2. The molecule has 2 aliphatic heterocycles. The predicted octanol–water partition coefficient (Wildman–Crippen LogP) is 2.44. The minimum absolute atomic E-state index is 0.0671. The summed E-state index contributed by atoms with van der Waals surface area (Å²) in [5.41, 5.74) is 0.396. The molecule has 2 heterocycles. The summed E-state index contributed by atoms with van der Waals surface area (Å²) >= 11 is 0. The summed E-state index contributed by atoms with van der Waals surface area (Å²) in [5.74, 6) is -1.26. The number of likely N-dealkylation sites (tertiary alicyclic amines) is 1. The standard InChI is InChI=1S/C21H29N3O3/c1-20(2)11-14(12-21(3,4)24(20)5)22-18(26)15-17(25)16(23-19(15)27)13-9-7-6-8-10-13/h6-10,14,16,25H,11-12H2,1-5H3,(H,22,26)(H,23,27). The van der Waals surface area contributed by atoms with Crippen molar-refractivity contribution in [1.29, 1.82) is 0 Å². The summed E-state index contributed by atoms with van der Waals surface area (Å²) in [5, 5.41) is 16.2. The molecule has 1 unspecified atom stereocenters. The van der Waals surface area contributed by atoms with Crippen LogP contribution in [0.3, 0.4) is 0 Å². The van der Waals surface area contributed by atoms with E-state index in [9.17, 15) is 14.7 Å². The Morgan fingerprint density at radius 3 is 2.26 bits per heavy atom. The molecule has 1 fully saturated rings. The Balaban J connectivity index is 1.79. The molecule has 2 aliphatic rings. The molecule has 0 bridgehead atoms. The lowest BCUT2D eigenvalue weighted by atomic mass is 9.77. The molecule has 6 nitrogen and oxygen atoms in total. The zero-order valence-corrected chi connectivity index (χ0v) is 16.7. The van der Waals surface area contributed by atoms with Crippen molar-refractivity contribution in [1.82, 2.24) is 15.5 Å². The second-order valence-corrected chi connectivity index (χ2v) is 8.84. The molecule has 2 amide bonds. The number of rotatable bonds is 3. The van der Waals surface area contributed by atoms with Crippen LogP contribution in [0, 0.1) is 0 Å². The maximum atomic E-state index is 12.8. The van der Waals surface area contributed by atoms with Crippen molar-refractivity contribution in [3.05, 3.63) is 47.2 Å². The minimum Gasteiger partial charge on any atom is -0.509 e. The lowest BCUT2D eigenvalue weighted by molar-refractivity contribution is -0.124. The summed E-state index contributed by atoms with van der Waals surface area (Å²) in [6, 6.07) is 8.39. The Morgan fingerprint density at radius 2 is 1.70 bits per heavy atom. The van der Waals surface area contributed by atoms with E-state index in [-0.39, 0.29) is 28.5 Å². The number of amides is 2. The minimum atomic E-state index is -0.676. The largest absolute Gasteiger partial charge is 0.509 e. The highest BCUT2D eigenvalue weighted by Gasteiger charge is 2.44. The normalized spacial score (nSPS) is 25.4. The highest BCUT2D eigenvalue weighted by Crippen LogP contribution is 2.37. The van der Waals surface area contributed by atoms with Crippen LogP contribution in [0.5, 0.6) is 0 Å². The van der Waals surface area contributed by atoms with Crippen LogP contribution >= 0.6 is 0 Å². The van der Waals surface area contributed by atoms with E-state index in [1.165, 1.54) is 0 Å². The van der Waals surface area contributed by atoms with Crippen molar-refractivity contribution < 1.29 is 14.7 Å². The summed E-state index contributed by atoms with van der Waals surface area (Å²) < 4.78 is 0. The van der Waals surface area contributed by atoms with Gasteiger partial charge in [0.25, 0.3) is 11.8 Å². The van der Waals surface area contributed by atoms with Crippen LogP contribution < -0.4 is 10.6 Å². The van der Waals surface area contributed by atoms with Crippen LogP contribution in [-0.2, 0) is 9.59 Å². The first-order chi connectivity index (χ1) is 12.5. The van der Waals surface area contributed by atoms with Gasteiger partial charge in [-0.15, -0.1) is 0 Å². The second kappa shape index (κ2) is 6.68. The summed E-state index contributed by atoms with van der Waals surface area (Å²) in [6.45, 7) is 8.60. The van der Waals surface area contributed by atoms with Crippen molar-refractivity contribution in [3.8, 4) is 0 Å². The van der Waals surface area contributed by atoms with E-state index in [2.05, 4.69) is 50.3 Å². The smallest absolute Gasteiger partial charge is 0.261 e. The third kappa shape index (κ3) is 3.58. The molecule has 1 saturated heterocycles. The number of hydrogen-bond donors (Lipinski definition) is 3. The first-order valence-corrected chi connectivity index (χ1v) is 9.37.